The second kappa shape index (κ2) is 8.53. The van der Waals surface area contributed by atoms with E-state index < -0.39 is 6.10 Å². The number of aromatic nitrogens is 1. The maximum absolute atomic E-state index is 13.0. The zero-order valence-electron chi connectivity index (χ0n) is 16.3. The van der Waals surface area contributed by atoms with E-state index in [1.807, 2.05) is 11.0 Å². The number of amides is 1. The Morgan fingerprint density at radius 2 is 2.11 bits per heavy atom. The van der Waals surface area contributed by atoms with Gasteiger partial charge >= 0.3 is 0 Å². The topological polar surface area (TPSA) is 62.7 Å². The first-order valence-corrected chi connectivity index (χ1v) is 9.53. The molecule has 1 saturated heterocycles. The summed E-state index contributed by atoms with van der Waals surface area (Å²) in [5.74, 6) is 0.662. The number of aryl methyl sites for hydroxylation is 2. The highest BCUT2D eigenvalue weighted by atomic mass is 16.5. The van der Waals surface area contributed by atoms with Crippen LogP contribution in [0.1, 0.15) is 47.6 Å². The molecule has 1 fully saturated rings. The maximum Gasteiger partial charge on any atom is 0.227 e. The van der Waals surface area contributed by atoms with Gasteiger partial charge in [-0.25, -0.2) is 0 Å². The van der Waals surface area contributed by atoms with Gasteiger partial charge in [-0.2, -0.15) is 0 Å². The van der Waals surface area contributed by atoms with Gasteiger partial charge in [-0.3, -0.25) is 9.78 Å². The summed E-state index contributed by atoms with van der Waals surface area (Å²) in [5, 5.41) is 11.0. The number of aliphatic hydroxyl groups excluding tert-OH is 1. The van der Waals surface area contributed by atoms with E-state index in [2.05, 4.69) is 31.0 Å². The first-order valence-electron chi connectivity index (χ1n) is 9.53. The third-order valence-corrected chi connectivity index (χ3v) is 5.51. The molecule has 1 N–H and O–H groups in total. The van der Waals surface area contributed by atoms with Crippen molar-refractivity contribution in [3.8, 4) is 5.75 Å². The molecule has 3 rings (SSSR count). The van der Waals surface area contributed by atoms with Crippen LogP contribution in [0.2, 0.25) is 0 Å². The number of piperidine rings is 1. The second-order valence-corrected chi connectivity index (χ2v) is 7.31. The Bertz CT molecular complexity index is 806. The van der Waals surface area contributed by atoms with Gasteiger partial charge in [-0.05, 0) is 55.9 Å². The molecule has 2 atom stereocenters. The first-order chi connectivity index (χ1) is 13.0. The molecule has 1 aliphatic heterocycles. The van der Waals surface area contributed by atoms with Crippen LogP contribution in [0.3, 0.4) is 0 Å². The molecule has 1 aromatic carbocycles. The summed E-state index contributed by atoms with van der Waals surface area (Å²) in [4.78, 5) is 19.0. The lowest BCUT2D eigenvalue weighted by Crippen LogP contribution is -2.47. The molecule has 0 radical (unpaired) electrons. The zero-order chi connectivity index (χ0) is 19.4. The van der Waals surface area contributed by atoms with Crippen LogP contribution < -0.4 is 4.74 Å². The van der Waals surface area contributed by atoms with Gasteiger partial charge < -0.3 is 14.7 Å². The summed E-state index contributed by atoms with van der Waals surface area (Å²) < 4.78 is 5.37. The molecular weight excluding hydrogens is 340 g/mol. The van der Waals surface area contributed by atoms with Crippen LogP contribution in [0.25, 0.3) is 0 Å². The van der Waals surface area contributed by atoms with Crippen LogP contribution in [-0.4, -0.2) is 40.6 Å². The third kappa shape index (κ3) is 4.30. The molecule has 2 aromatic rings. The number of nitrogens with zero attached hydrogens (tertiary/aromatic N) is 2. The largest absolute Gasteiger partial charge is 0.496 e. The maximum atomic E-state index is 13.0. The summed E-state index contributed by atoms with van der Waals surface area (Å²) in [5.41, 5.74) is 4.06. The van der Waals surface area contributed by atoms with Crippen molar-refractivity contribution in [1.29, 1.82) is 0 Å². The lowest BCUT2D eigenvalue weighted by molar-refractivity contribution is -0.137. The van der Waals surface area contributed by atoms with Gasteiger partial charge in [-0.1, -0.05) is 18.2 Å². The second-order valence-electron chi connectivity index (χ2n) is 7.31. The minimum atomic E-state index is -0.808. The molecule has 1 aromatic heterocycles. The number of pyridine rings is 1. The number of hydrogen-bond donors (Lipinski definition) is 1. The van der Waals surface area contributed by atoms with Gasteiger partial charge in [0.25, 0.3) is 0 Å². The average Bonchev–Trinajstić information content (AvgIpc) is 2.70. The molecule has 2 heterocycles. The molecule has 0 bridgehead atoms. The predicted octanol–water partition coefficient (Wildman–Crippen LogP) is 3.36. The fourth-order valence-corrected chi connectivity index (χ4v) is 3.79. The summed E-state index contributed by atoms with van der Waals surface area (Å²) in [7, 11) is 1.58. The number of rotatable bonds is 5. The van der Waals surface area contributed by atoms with E-state index in [0.717, 1.165) is 24.8 Å². The van der Waals surface area contributed by atoms with E-state index in [9.17, 15) is 9.90 Å². The lowest BCUT2D eigenvalue weighted by Gasteiger charge is -2.39. The van der Waals surface area contributed by atoms with E-state index in [4.69, 9.17) is 4.74 Å². The van der Waals surface area contributed by atoms with Crippen molar-refractivity contribution < 1.29 is 14.6 Å². The number of aliphatic hydroxyl groups is 1. The number of hydrogen-bond acceptors (Lipinski definition) is 4. The number of likely N-dealkylation sites (tertiary alicyclic amines) is 1. The monoisotopic (exact) mass is 368 g/mol. The molecule has 0 saturated carbocycles. The highest BCUT2D eigenvalue weighted by Gasteiger charge is 2.34. The Hall–Kier alpha value is -2.40. The predicted molar refractivity (Wildman–Crippen MR) is 105 cm³/mol. The van der Waals surface area contributed by atoms with E-state index in [-0.39, 0.29) is 11.9 Å². The fourth-order valence-electron chi connectivity index (χ4n) is 3.79. The molecule has 0 aliphatic carbocycles. The van der Waals surface area contributed by atoms with Crippen LogP contribution in [0.4, 0.5) is 0 Å². The highest BCUT2D eigenvalue weighted by Crippen LogP contribution is 2.33. The Balaban J connectivity index is 1.80. The van der Waals surface area contributed by atoms with Crippen molar-refractivity contribution in [2.45, 2.75) is 51.7 Å². The van der Waals surface area contributed by atoms with Crippen LogP contribution in [0.5, 0.6) is 5.75 Å². The van der Waals surface area contributed by atoms with Crippen molar-refractivity contribution in [3.05, 3.63) is 58.9 Å². The number of carbonyl (C=O) groups excluding carboxylic acids is 1. The Labute approximate surface area is 161 Å². The van der Waals surface area contributed by atoms with Gasteiger partial charge in [-0.15, -0.1) is 0 Å². The smallest absolute Gasteiger partial charge is 0.227 e. The molecule has 144 valence electrons. The Morgan fingerprint density at radius 3 is 2.85 bits per heavy atom. The van der Waals surface area contributed by atoms with Crippen LogP contribution >= 0.6 is 0 Å². The Morgan fingerprint density at radius 1 is 1.30 bits per heavy atom. The van der Waals surface area contributed by atoms with Crippen molar-refractivity contribution >= 4 is 5.91 Å². The molecule has 5 heteroatoms. The van der Waals surface area contributed by atoms with Crippen molar-refractivity contribution in [1.82, 2.24) is 9.88 Å². The van der Waals surface area contributed by atoms with Gasteiger partial charge in [0.05, 0.1) is 19.6 Å². The highest BCUT2D eigenvalue weighted by molar-refractivity contribution is 5.79. The standard InChI is InChI=1S/C22H28N2O3/c1-15-7-8-17(12-16(15)2)13-21(25)24-11-5-4-6-19(24)22(26)18-14-23-10-9-20(18)27-3/h7-10,12,14,19,22,26H,4-6,11,13H2,1-3H3. The first kappa shape index (κ1) is 19.4. The average molecular weight is 368 g/mol. The molecule has 0 spiro atoms. The summed E-state index contributed by atoms with van der Waals surface area (Å²) in [6, 6.07) is 7.63. The summed E-state index contributed by atoms with van der Waals surface area (Å²) >= 11 is 0. The van der Waals surface area contributed by atoms with Crippen molar-refractivity contribution in [2.75, 3.05) is 13.7 Å². The zero-order valence-corrected chi connectivity index (χ0v) is 16.3. The fraction of sp³-hybridized carbons (Fsp3) is 0.455. The molecule has 1 aliphatic rings. The van der Waals surface area contributed by atoms with E-state index in [1.54, 1.807) is 25.6 Å². The van der Waals surface area contributed by atoms with Crippen molar-refractivity contribution in [3.63, 3.8) is 0 Å². The van der Waals surface area contributed by atoms with E-state index in [1.165, 1.54) is 11.1 Å². The molecule has 5 nitrogen and oxygen atoms in total. The van der Waals surface area contributed by atoms with E-state index in [0.29, 0.717) is 24.3 Å². The third-order valence-electron chi connectivity index (χ3n) is 5.51. The Kier molecular flexibility index (Phi) is 6.11. The summed E-state index contributed by atoms with van der Waals surface area (Å²) in [6.07, 6.45) is 5.55. The number of carbonyl (C=O) groups is 1. The summed E-state index contributed by atoms with van der Waals surface area (Å²) in [6.45, 7) is 4.80. The number of methoxy groups -OCH3 is 1. The van der Waals surface area contributed by atoms with Gasteiger partial charge in [0, 0.05) is 24.5 Å². The minimum Gasteiger partial charge on any atom is -0.496 e. The molecule has 1 amide bonds. The number of benzene rings is 1. The van der Waals surface area contributed by atoms with Gasteiger partial charge in [0.15, 0.2) is 0 Å². The normalized spacial score (nSPS) is 18.2. The quantitative estimate of drug-likeness (QED) is 0.879. The molecule has 2 unspecified atom stereocenters. The van der Waals surface area contributed by atoms with Crippen molar-refractivity contribution in [2.24, 2.45) is 0 Å². The lowest BCUT2D eigenvalue weighted by atomic mass is 9.92. The van der Waals surface area contributed by atoms with Gasteiger partial charge in [0.1, 0.15) is 11.9 Å². The number of ether oxygens (including phenoxy) is 1. The molecular formula is C22H28N2O3. The van der Waals surface area contributed by atoms with Gasteiger partial charge in [0.2, 0.25) is 5.91 Å². The van der Waals surface area contributed by atoms with Crippen LogP contribution in [-0.2, 0) is 11.2 Å². The van der Waals surface area contributed by atoms with Crippen LogP contribution in [0.15, 0.2) is 36.7 Å². The SMILES string of the molecule is COc1ccncc1C(O)C1CCCCN1C(=O)Cc1ccc(C)c(C)c1. The van der Waals surface area contributed by atoms with E-state index >= 15 is 0 Å². The minimum absolute atomic E-state index is 0.0601. The molecule has 27 heavy (non-hydrogen) atoms. The van der Waals surface area contributed by atoms with Crippen LogP contribution in [0, 0.1) is 13.8 Å².